The molecule has 0 aliphatic rings. The lowest BCUT2D eigenvalue weighted by Crippen LogP contribution is -2.03. The molecule has 0 atom stereocenters. The summed E-state index contributed by atoms with van der Waals surface area (Å²) in [4.78, 5) is 10.3. The van der Waals surface area contributed by atoms with Crippen molar-refractivity contribution < 1.29 is 28.0 Å². The van der Waals surface area contributed by atoms with E-state index in [0.717, 1.165) is 6.07 Å². The molecule has 0 fully saturated rings. The largest absolute Gasteiger partial charge is 0.505 e. The van der Waals surface area contributed by atoms with Gasteiger partial charge in [0.1, 0.15) is 16.9 Å². The lowest BCUT2D eigenvalue weighted by molar-refractivity contribution is 0.0693. The molecule has 0 aliphatic carbocycles. The van der Waals surface area contributed by atoms with Crippen molar-refractivity contribution in [3.63, 3.8) is 0 Å². The van der Waals surface area contributed by atoms with E-state index < -0.39 is 38.0 Å². The number of rotatable bonds is 4. The number of hydrogen-bond donors (Lipinski definition) is 5. The molecule has 2 aromatic rings. The van der Waals surface area contributed by atoms with Crippen LogP contribution in [0, 0.1) is 0 Å². The van der Waals surface area contributed by atoms with Gasteiger partial charge >= 0.3 is 5.97 Å². The molecule has 0 saturated carbocycles. The minimum Gasteiger partial charge on any atom is -0.505 e. The third-order valence-electron chi connectivity index (χ3n) is 2.91. The number of carboxylic acids is 1. The molecule has 0 aliphatic heterocycles. The molecule has 0 unspecified atom stereocenters. The van der Waals surface area contributed by atoms with E-state index in [1.807, 2.05) is 0 Å². The highest BCUT2D eigenvalue weighted by molar-refractivity contribution is 7.85. The monoisotopic (exact) mass is 352 g/mol. The Kier molecular flexibility index (Phi) is 4.39. The summed E-state index contributed by atoms with van der Waals surface area (Å²) < 4.78 is 31.5. The van der Waals surface area contributed by atoms with Gasteiger partial charge in [-0.1, -0.05) is 0 Å². The second-order valence-electron chi connectivity index (χ2n) is 4.64. The molecule has 126 valence electrons. The van der Waals surface area contributed by atoms with Gasteiger partial charge in [0, 0.05) is 5.69 Å². The molecule has 10 nitrogen and oxygen atoms in total. The molecule has 2 rings (SSSR count). The maximum absolute atomic E-state index is 11.2. The average Bonchev–Trinajstić information content (AvgIpc) is 2.46. The zero-order valence-corrected chi connectivity index (χ0v) is 12.7. The highest BCUT2D eigenvalue weighted by atomic mass is 32.2. The molecular formula is C13H12N4O6S. The van der Waals surface area contributed by atoms with Gasteiger partial charge in [0.2, 0.25) is 0 Å². The number of hydrogen-bond acceptors (Lipinski definition) is 8. The van der Waals surface area contributed by atoms with Gasteiger partial charge in [0.25, 0.3) is 10.1 Å². The number of azo groups is 1. The minimum absolute atomic E-state index is 0.165. The van der Waals surface area contributed by atoms with E-state index in [4.69, 9.17) is 21.1 Å². The number of anilines is 2. The van der Waals surface area contributed by atoms with Crippen molar-refractivity contribution in [3.05, 3.63) is 35.9 Å². The van der Waals surface area contributed by atoms with Gasteiger partial charge in [-0.25, -0.2) is 4.79 Å². The average molecular weight is 352 g/mol. The molecule has 0 bridgehead atoms. The zero-order chi connectivity index (χ0) is 18.1. The molecule has 0 heterocycles. The third-order valence-corrected chi connectivity index (χ3v) is 3.74. The predicted octanol–water partition coefficient (Wildman–Crippen LogP) is 1.92. The number of aromatic hydroxyl groups is 1. The van der Waals surface area contributed by atoms with Crippen LogP contribution in [-0.2, 0) is 10.1 Å². The summed E-state index contributed by atoms with van der Waals surface area (Å²) >= 11 is 0. The summed E-state index contributed by atoms with van der Waals surface area (Å²) in [5.74, 6) is -2.42. The van der Waals surface area contributed by atoms with Crippen molar-refractivity contribution in [1.29, 1.82) is 0 Å². The Labute approximate surface area is 135 Å². The topological polar surface area (TPSA) is 189 Å². The van der Waals surface area contributed by atoms with E-state index >= 15 is 0 Å². The molecule has 0 amide bonds. The quantitative estimate of drug-likeness (QED) is 0.313. The van der Waals surface area contributed by atoms with Crippen LogP contribution in [0.1, 0.15) is 10.4 Å². The Bertz CT molecular complexity index is 955. The van der Waals surface area contributed by atoms with Gasteiger partial charge in [0.05, 0.1) is 10.6 Å². The standard InChI is InChI=1S/C13H12N4O6S/c14-6-1-2-10(9(15)3-6)16-17-11-5-7(24(21,22)23)4-8(12(11)18)13(19)20/h1-5,18H,14-15H2,(H,19,20)(H,21,22,23). The van der Waals surface area contributed by atoms with E-state index in [1.165, 1.54) is 18.2 Å². The molecule has 0 aromatic heterocycles. The van der Waals surface area contributed by atoms with Crippen LogP contribution in [-0.4, -0.2) is 29.2 Å². The first-order valence-corrected chi connectivity index (χ1v) is 7.68. The van der Waals surface area contributed by atoms with Crippen LogP contribution in [0.4, 0.5) is 22.7 Å². The van der Waals surface area contributed by atoms with E-state index in [9.17, 15) is 18.3 Å². The van der Waals surface area contributed by atoms with Crippen LogP contribution in [0.5, 0.6) is 5.75 Å². The van der Waals surface area contributed by atoms with Crippen LogP contribution < -0.4 is 11.5 Å². The van der Waals surface area contributed by atoms with Crippen molar-refractivity contribution in [2.45, 2.75) is 4.90 Å². The fraction of sp³-hybridized carbons (Fsp3) is 0. The number of benzene rings is 2. The number of nitrogen functional groups attached to an aromatic ring is 2. The van der Waals surface area contributed by atoms with Gasteiger partial charge in [-0.3, -0.25) is 4.55 Å². The third kappa shape index (κ3) is 3.59. The second-order valence-corrected chi connectivity index (χ2v) is 6.06. The molecule has 0 saturated heterocycles. The minimum atomic E-state index is -4.71. The van der Waals surface area contributed by atoms with E-state index in [1.54, 1.807) is 0 Å². The van der Waals surface area contributed by atoms with Gasteiger partial charge in [0.15, 0.2) is 5.75 Å². The number of nitrogens with two attached hydrogens (primary N) is 2. The maximum Gasteiger partial charge on any atom is 0.339 e. The van der Waals surface area contributed by atoms with Crippen LogP contribution in [0.2, 0.25) is 0 Å². The summed E-state index contributed by atoms with van der Waals surface area (Å²) in [6, 6.07) is 5.70. The lowest BCUT2D eigenvalue weighted by atomic mass is 10.2. The summed E-state index contributed by atoms with van der Waals surface area (Å²) in [6.45, 7) is 0. The maximum atomic E-state index is 11.2. The Morgan fingerprint density at radius 3 is 2.21 bits per heavy atom. The Morgan fingerprint density at radius 2 is 1.67 bits per heavy atom. The molecule has 11 heteroatoms. The number of phenols is 1. The number of nitrogens with zero attached hydrogens (tertiary/aromatic N) is 2. The van der Waals surface area contributed by atoms with Gasteiger partial charge in [-0.05, 0) is 30.3 Å². The van der Waals surface area contributed by atoms with E-state index in [-0.39, 0.29) is 11.4 Å². The van der Waals surface area contributed by atoms with Gasteiger partial charge in [-0.15, -0.1) is 10.2 Å². The molecule has 0 spiro atoms. The normalized spacial score (nSPS) is 11.7. The van der Waals surface area contributed by atoms with Crippen LogP contribution in [0.25, 0.3) is 0 Å². The highest BCUT2D eigenvalue weighted by Crippen LogP contribution is 2.35. The lowest BCUT2D eigenvalue weighted by Gasteiger charge is -2.06. The second kappa shape index (κ2) is 6.14. The number of aromatic carboxylic acids is 1. The van der Waals surface area contributed by atoms with Crippen LogP contribution >= 0.6 is 0 Å². The summed E-state index contributed by atoms with van der Waals surface area (Å²) in [7, 11) is -4.71. The first-order chi connectivity index (χ1) is 11.1. The number of carboxylic acid groups (broad SMARTS) is 1. The summed E-state index contributed by atoms with van der Waals surface area (Å²) in [5, 5.41) is 26.2. The van der Waals surface area contributed by atoms with Crippen LogP contribution in [0.15, 0.2) is 45.5 Å². The summed E-state index contributed by atoms with van der Waals surface area (Å²) in [5.41, 5.74) is 10.7. The first-order valence-electron chi connectivity index (χ1n) is 6.24. The van der Waals surface area contributed by atoms with E-state index in [0.29, 0.717) is 11.8 Å². The fourth-order valence-corrected chi connectivity index (χ4v) is 2.28. The SMILES string of the molecule is Nc1ccc(N=Nc2cc(S(=O)(=O)O)cc(C(=O)O)c2O)c(N)c1. The van der Waals surface area contributed by atoms with Gasteiger partial charge in [-0.2, -0.15) is 8.42 Å². The molecule has 2 aromatic carbocycles. The predicted molar refractivity (Wildman–Crippen MR) is 84.3 cm³/mol. The van der Waals surface area contributed by atoms with Gasteiger partial charge < -0.3 is 21.7 Å². The zero-order valence-electron chi connectivity index (χ0n) is 11.9. The number of carbonyl (C=O) groups is 1. The van der Waals surface area contributed by atoms with Crippen molar-refractivity contribution in [2.24, 2.45) is 10.2 Å². The Morgan fingerprint density at radius 1 is 1.04 bits per heavy atom. The highest BCUT2D eigenvalue weighted by Gasteiger charge is 2.21. The first kappa shape index (κ1) is 17.2. The van der Waals surface area contributed by atoms with Crippen molar-refractivity contribution in [2.75, 3.05) is 11.5 Å². The molecule has 0 radical (unpaired) electrons. The Balaban J connectivity index is 2.58. The molecule has 24 heavy (non-hydrogen) atoms. The molecular weight excluding hydrogens is 340 g/mol. The molecule has 7 N–H and O–H groups in total. The van der Waals surface area contributed by atoms with Crippen molar-refractivity contribution >= 4 is 38.8 Å². The summed E-state index contributed by atoms with van der Waals surface area (Å²) in [6.07, 6.45) is 0. The smallest absolute Gasteiger partial charge is 0.339 e. The van der Waals surface area contributed by atoms with E-state index in [2.05, 4.69) is 10.2 Å². The Hall–Kier alpha value is -3.18. The van der Waals surface area contributed by atoms with Crippen molar-refractivity contribution in [1.82, 2.24) is 0 Å². The van der Waals surface area contributed by atoms with Crippen molar-refractivity contribution in [3.8, 4) is 5.75 Å². The van der Waals surface area contributed by atoms with Crippen LogP contribution in [0.3, 0.4) is 0 Å². The fourth-order valence-electron chi connectivity index (χ4n) is 1.75.